The molecule has 0 heterocycles. The first-order valence-corrected chi connectivity index (χ1v) is 11.2. The third-order valence-electron chi connectivity index (χ3n) is 5.41. The molecular formula is C26H37NO6. The molecule has 0 spiro atoms. The molecule has 2 aromatic rings. The zero-order valence-electron chi connectivity index (χ0n) is 19.9. The van der Waals surface area contributed by atoms with Gasteiger partial charge in [0.05, 0.1) is 19.4 Å². The predicted molar refractivity (Wildman–Crippen MR) is 128 cm³/mol. The lowest BCUT2D eigenvalue weighted by Gasteiger charge is -2.32. The summed E-state index contributed by atoms with van der Waals surface area (Å²) < 4.78 is 0. The van der Waals surface area contributed by atoms with E-state index in [1.54, 1.807) is 12.1 Å². The monoisotopic (exact) mass is 459 g/mol. The molecule has 7 heteroatoms. The van der Waals surface area contributed by atoms with Gasteiger partial charge in [0.25, 0.3) is 0 Å². The van der Waals surface area contributed by atoms with Crippen LogP contribution in [0, 0.1) is 0 Å². The molecule has 4 N–H and O–H groups in total. The second-order valence-electron chi connectivity index (χ2n) is 8.52. The van der Waals surface area contributed by atoms with E-state index in [2.05, 4.69) is 44.7 Å². The van der Waals surface area contributed by atoms with Crippen LogP contribution in [0.4, 0.5) is 0 Å². The molecule has 0 unspecified atom stereocenters. The number of aliphatic hydroxyl groups is 1. The van der Waals surface area contributed by atoms with E-state index in [1.165, 1.54) is 5.56 Å². The fourth-order valence-corrected chi connectivity index (χ4v) is 3.77. The van der Waals surface area contributed by atoms with Crippen molar-refractivity contribution in [1.82, 2.24) is 4.90 Å². The van der Waals surface area contributed by atoms with Gasteiger partial charge in [-0.25, -0.2) is 0 Å². The minimum Gasteiger partial charge on any atom is -0.508 e. The van der Waals surface area contributed by atoms with Gasteiger partial charge < -0.3 is 20.4 Å². The Kier molecular flexibility index (Phi) is 12.2. The Hall–Kier alpha value is -2.90. The van der Waals surface area contributed by atoms with Crippen molar-refractivity contribution < 1.29 is 30.0 Å². The van der Waals surface area contributed by atoms with Gasteiger partial charge in [0.15, 0.2) is 0 Å². The molecule has 0 aromatic heterocycles. The van der Waals surface area contributed by atoms with Crippen LogP contribution in [0.2, 0.25) is 0 Å². The Morgan fingerprint density at radius 3 is 1.88 bits per heavy atom. The van der Waals surface area contributed by atoms with Gasteiger partial charge in [-0.15, -0.1) is 0 Å². The maximum absolute atomic E-state index is 10.5. The van der Waals surface area contributed by atoms with Gasteiger partial charge in [-0.2, -0.15) is 0 Å². The molecule has 33 heavy (non-hydrogen) atoms. The Morgan fingerprint density at radius 2 is 1.42 bits per heavy atom. The minimum absolute atomic E-state index is 0.0150. The topological polar surface area (TPSA) is 118 Å². The molecule has 0 saturated carbocycles. The van der Waals surface area contributed by atoms with Crippen LogP contribution in [0.5, 0.6) is 5.75 Å². The average Bonchev–Trinajstić information content (AvgIpc) is 2.76. The molecule has 0 radical (unpaired) electrons. The van der Waals surface area contributed by atoms with Crippen molar-refractivity contribution in [2.45, 2.75) is 71.6 Å². The standard InChI is InChI=1S/C22H31NO2.C4H6O4/c1-16(2)23(17(3)4)13-12-20(19-8-6-5-7-9-19)21-14-18(15-24)10-11-22(21)25;5-3(6)1-2-4(7)8/h5-11,14,16-17,20,24-25H,12-13,15H2,1-4H3;1-2H2,(H,5,6)(H,7,8)/t20-;/m1./s1. The Balaban J connectivity index is 0.000000582. The Labute approximate surface area is 196 Å². The number of carboxylic acids is 2. The van der Waals surface area contributed by atoms with E-state index >= 15 is 0 Å². The van der Waals surface area contributed by atoms with Crippen LogP contribution in [0.15, 0.2) is 48.5 Å². The predicted octanol–water partition coefficient (Wildman–Crippen LogP) is 4.46. The zero-order chi connectivity index (χ0) is 25.0. The molecule has 0 fully saturated rings. The first-order valence-electron chi connectivity index (χ1n) is 11.2. The van der Waals surface area contributed by atoms with Crippen LogP contribution in [0.3, 0.4) is 0 Å². The summed E-state index contributed by atoms with van der Waals surface area (Å²) in [4.78, 5) is 21.8. The maximum atomic E-state index is 10.5. The van der Waals surface area contributed by atoms with Crippen LogP contribution in [0.25, 0.3) is 0 Å². The normalized spacial score (nSPS) is 11.9. The highest BCUT2D eigenvalue weighted by Crippen LogP contribution is 2.35. The molecule has 2 rings (SSSR count). The van der Waals surface area contributed by atoms with E-state index in [-0.39, 0.29) is 25.4 Å². The average molecular weight is 460 g/mol. The van der Waals surface area contributed by atoms with Gasteiger partial charge in [-0.05, 0) is 63.9 Å². The SMILES string of the molecule is CC(C)N(CC[C@H](c1ccccc1)c1cc(CO)ccc1O)C(C)C.O=C(O)CCC(=O)O. The number of aliphatic hydroxyl groups excluding tert-OH is 1. The van der Waals surface area contributed by atoms with Gasteiger partial charge in [-0.1, -0.05) is 36.4 Å². The molecule has 1 atom stereocenters. The summed E-state index contributed by atoms with van der Waals surface area (Å²) in [5.74, 6) is -1.75. The lowest BCUT2D eigenvalue weighted by molar-refractivity contribution is -0.143. The van der Waals surface area contributed by atoms with Crippen molar-refractivity contribution in [3.63, 3.8) is 0 Å². The molecule has 0 bridgehead atoms. The van der Waals surface area contributed by atoms with E-state index in [1.807, 2.05) is 24.3 Å². The summed E-state index contributed by atoms with van der Waals surface area (Å²) in [7, 11) is 0. The summed E-state index contributed by atoms with van der Waals surface area (Å²) >= 11 is 0. The number of nitrogens with zero attached hydrogens (tertiary/aromatic N) is 1. The van der Waals surface area contributed by atoms with Gasteiger partial charge >= 0.3 is 11.9 Å². The summed E-state index contributed by atoms with van der Waals surface area (Å²) in [5.41, 5.74) is 2.92. The lowest BCUT2D eigenvalue weighted by atomic mass is 9.86. The Morgan fingerprint density at radius 1 is 0.879 bits per heavy atom. The maximum Gasteiger partial charge on any atom is 0.303 e. The van der Waals surface area contributed by atoms with E-state index in [0.717, 1.165) is 24.1 Å². The van der Waals surface area contributed by atoms with Gasteiger partial charge in [-0.3, -0.25) is 14.5 Å². The molecule has 0 amide bonds. The van der Waals surface area contributed by atoms with Crippen LogP contribution in [-0.2, 0) is 16.2 Å². The number of hydrogen-bond donors (Lipinski definition) is 4. The van der Waals surface area contributed by atoms with Gasteiger partial charge in [0.1, 0.15) is 5.75 Å². The van der Waals surface area contributed by atoms with Crippen LogP contribution in [0.1, 0.15) is 69.6 Å². The smallest absolute Gasteiger partial charge is 0.303 e. The molecule has 7 nitrogen and oxygen atoms in total. The minimum atomic E-state index is -1.08. The molecule has 182 valence electrons. The fourth-order valence-electron chi connectivity index (χ4n) is 3.77. The number of rotatable bonds is 11. The summed E-state index contributed by atoms with van der Waals surface area (Å²) in [6.07, 6.45) is 0.327. The lowest BCUT2D eigenvalue weighted by Crippen LogP contribution is -2.38. The first-order chi connectivity index (χ1) is 15.6. The van der Waals surface area contributed by atoms with E-state index < -0.39 is 11.9 Å². The summed E-state index contributed by atoms with van der Waals surface area (Å²) in [6, 6.07) is 16.7. The van der Waals surface area contributed by atoms with Crippen LogP contribution < -0.4 is 0 Å². The first kappa shape index (κ1) is 28.1. The molecular weight excluding hydrogens is 422 g/mol. The van der Waals surface area contributed by atoms with Crippen molar-refractivity contribution in [3.05, 3.63) is 65.2 Å². The molecule has 2 aromatic carbocycles. The number of hydrogen-bond acceptors (Lipinski definition) is 5. The number of aromatic hydroxyl groups is 1. The number of phenolic OH excluding ortho intramolecular Hbond substituents is 1. The summed E-state index contributed by atoms with van der Waals surface area (Å²) in [5, 5.41) is 35.7. The quantitative estimate of drug-likeness (QED) is 0.392. The third kappa shape index (κ3) is 10.1. The number of benzene rings is 2. The van der Waals surface area contributed by atoms with Crippen molar-refractivity contribution in [2.24, 2.45) is 0 Å². The van der Waals surface area contributed by atoms with Gasteiger partial charge in [0, 0.05) is 23.6 Å². The number of carboxylic acid groups (broad SMARTS) is 2. The van der Waals surface area contributed by atoms with Crippen LogP contribution in [-0.4, -0.2) is 55.9 Å². The highest BCUT2D eigenvalue weighted by Gasteiger charge is 2.21. The van der Waals surface area contributed by atoms with Crippen molar-refractivity contribution in [3.8, 4) is 5.75 Å². The fraction of sp³-hybridized carbons (Fsp3) is 0.462. The second kappa shape index (κ2) is 14.3. The highest BCUT2D eigenvalue weighted by molar-refractivity contribution is 5.75. The molecule has 0 saturated heterocycles. The van der Waals surface area contributed by atoms with Crippen molar-refractivity contribution >= 4 is 11.9 Å². The van der Waals surface area contributed by atoms with E-state index in [9.17, 15) is 19.8 Å². The Bertz CT molecular complexity index is 844. The van der Waals surface area contributed by atoms with E-state index in [4.69, 9.17) is 10.2 Å². The molecule has 0 aliphatic heterocycles. The van der Waals surface area contributed by atoms with E-state index in [0.29, 0.717) is 17.8 Å². The highest BCUT2D eigenvalue weighted by atomic mass is 16.4. The molecule has 0 aliphatic rings. The van der Waals surface area contributed by atoms with Crippen LogP contribution >= 0.6 is 0 Å². The number of aliphatic carboxylic acids is 2. The van der Waals surface area contributed by atoms with Crippen molar-refractivity contribution in [2.75, 3.05) is 6.54 Å². The zero-order valence-corrected chi connectivity index (χ0v) is 19.9. The second-order valence-corrected chi connectivity index (χ2v) is 8.52. The molecule has 0 aliphatic carbocycles. The summed E-state index contributed by atoms with van der Waals surface area (Å²) in [6.45, 7) is 9.84. The number of carbonyl (C=O) groups is 2. The largest absolute Gasteiger partial charge is 0.508 e. The third-order valence-corrected chi connectivity index (χ3v) is 5.41. The van der Waals surface area contributed by atoms with Crippen molar-refractivity contribution in [1.29, 1.82) is 0 Å². The van der Waals surface area contributed by atoms with Gasteiger partial charge in [0.2, 0.25) is 0 Å². The number of phenols is 1.